The lowest BCUT2D eigenvalue weighted by molar-refractivity contribution is 0.257. The largest absolute Gasteiger partial charge is 0.495 e. The quantitative estimate of drug-likeness (QED) is 0.564. The van der Waals surface area contributed by atoms with Crippen molar-refractivity contribution in [1.82, 2.24) is 9.38 Å². The van der Waals surface area contributed by atoms with Gasteiger partial charge in [-0.3, -0.25) is 9.30 Å². The Morgan fingerprint density at radius 2 is 1.93 bits per heavy atom. The van der Waals surface area contributed by atoms with Crippen molar-refractivity contribution in [2.75, 3.05) is 31.0 Å². The van der Waals surface area contributed by atoms with Crippen molar-refractivity contribution in [3.05, 3.63) is 59.9 Å². The van der Waals surface area contributed by atoms with Gasteiger partial charge >= 0.3 is 6.03 Å². The highest BCUT2D eigenvalue weighted by molar-refractivity contribution is 6.02. The van der Waals surface area contributed by atoms with E-state index in [0.29, 0.717) is 41.7 Å². The van der Waals surface area contributed by atoms with Gasteiger partial charge in [0.2, 0.25) is 0 Å². The molecule has 7 heteroatoms. The van der Waals surface area contributed by atoms with Crippen LogP contribution in [0.15, 0.2) is 54.2 Å². The lowest BCUT2D eigenvalue weighted by atomic mass is 10.3. The second kappa shape index (κ2) is 9.35. The van der Waals surface area contributed by atoms with E-state index in [1.54, 1.807) is 31.2 Å². The Hall–Kier alpha value is -3.48. The van der Waals surface area contributed by atoms with E-state index in [1.807, 2.05) is 61.7 Å². The SMILES string of the molecule is CCc1nc2c(OCC=C(C)C)cccn2c1N(C)C(=O)Nc1ccccc1OC. The normalized spacial score (nSPS) is 10.6. The highest BCUT2D eigenvalue weighted by atomic mass is 16.5. The van der Waals surface area contributed by atoms with Gasteiger partial charge in [0.25, 0.3) is 0 Å². The van der Waals surface area contributed by atoms with Gasteiger partial charge in [0.05, 0.1) is 18.5 Å². The number of aryl methyl sites for hydroxylation is 1. The summed E-state index contributed by atoms with van der Waals surface area (Å²) in [4.78, 5) is 19.3. The second-order valence-electron chi connectivity index (χ2n) is 7.08. The number of hydrogen-bond donors (Lipinski definition) is 1. The van der Waals surface area contributed by atoms with Crippen molar-refractivity contribution in [2.24, 2.45) is 0 Å². The van der Waals surface area contributed by atoms with E-state index in [9.17, 15) is 4.79 Å². The standard InChI is InChI=1S/C23H28N4O3/c1-6-17-22(26(4)23(28)25-18-10-7-8-11-19(18)29-5)27-14-9-12-20(21(27)24-17)30-15-13-16(2)3/h7-14H,6,15H2,1-5H3,(H,25,28). The molecule has 0 saturated carbocycles. The van der Waals surface area contributed by atoms with Crippen LogP contribution >= 0.6 is 0 Å². The average Bonchev–Trinajstić information content (AvgIpc) is 3.12. The molecular weight excluding hydrogens is 380 g/mol. The molecular formula is C23H28N4O3. The Kier molecular flexibility index (Phi) is 6.61. The molecule has 2 aromatic heterocycles. The number of amides is 2. The predicted molar refractivity (Wildman–Crippen MR) is 120 cm³/mol. The van der Waals surface area contributed by atoms with E-state index in [1.165, 1.54) is 5.57 Å². The van der Waals surface area contributed by atoms with E-state index in [2.05, 4.69) is 5.32 Å². The molecule has 0 aliphatic carbocycles. The van der Waals surface area contributed by atoms with E-state index in [4.69, 9.17) is 14.5 Å². The van der Waals surface area contributed by atoms with Gasteiger partial charge in [-0.05, 0) is 50.6 Å². The van der Waals surface area contributed by atoms with Crippen LogP contribution in [0.3, 0.4) is 0 Å². The van der Waals surface area contributed by atoms with Crippen molar-refractivity contribution in [2.45, 2.75) is 27.2 Å². The van der Waals surface area contributed by atoms with Gasteiger partial charge in [0.15, 0.2) is 11.4 Å². The zero-order valence-corrected chi connectivity index (χ0v) is 18.1. The maximum atomic E-state index is 13.0. The first kappa shape index (κ1) is 21.2. The summed E-state index contributed by atoms with van der Waals surface area (Å²) < 4.78 is 13.1. The van der Waals surface area contributed by atoms with Crippen LogP contribution in [0.2, 0.25) is 0 Å². The van der Waals surface area contributed by atoms with Gasteiger partial charge < -0.3 is 14.8 Å². The van der Waals surface area contributed by atoms with Gasteiger partial charge in [-0.15, -0.1) is 0 Å². The van der Waals surface area contributed by atoms with Crippen molar-refractivity contribution >= 4 is 23.2 Å². The number of nitrogens with one attached hydrogen (secondary N) is 1. The Morgan fingerprint density at radius 3 is 2.63 bits per heavy atom. The van der Waals surface area contributed by atoms with Gasteiger partial charge in [-0.25, -0.2) is 9.78 Å². The van der Waals surface area contributed by atoms with Crippen molar-refractivity contribution in [3.8, 4) is 11.5 Å². The van der Waals surface area contributed by atoms with E-state index in [-0.39, 0.29) is 6.03 Å². The summed E-state index contributed by atoms with van der Waals surface area (Å²) in [5, 5.41) is 2.91. The fourth-order valence-corrected chi connectivity index (χ4v) is 3.12. The number of benzene rings is 1. The van der Waals surface area contributed by atoms with Crippen LogP contribution in [-0.4, -0.2) is 36.2 Å². The number of urea groups is 1. The summed E-state index contributed by atoms with van der Waals surface area (Å²) in [7, 11) is 3.30. The number of carbonyl (C=O) groups excluding carboxylic acids is 1. The molecule has 1 aromatic carbocycles. The molecule has 2 heterocycles. The predicted octanol–water partition coefficient (Wildman–Crippen LogP) is 4.92. The molecule has 1 N–H and O–H groups in total. The summed E-state index contributed by atoms with van der Waals surface area (Å²) in [5.74, 6) is 1.98. The van der Waals surface area contributed by atoms with Crippen molar-refractivity contribution in [3.63, 3.8) is 0 Å². The minimum Gasteiger partial charge on any atom is -0.495 e. The summed E-state index contributed by atoms with van der Waals surface area (Å²) in [6.07, 6.45) is 4.58. The Labute approximate surface area is 176 Å². The molecule has 0 atom stereocenters. The third-order valence-corrected chi connectivity index (χ3v) is 4.69. The van der Waals surface area contributed by atoms with Crippen molar-refractivity contribution < 1.29 is 14.3 Å². The highest BCUT2D eigenvalue weighted by Crippen LogP contribution is 2.29. The number of methoxy groups -OCH3 is 1. The van der Waals surface area contributed by atoms with Crippen LogP contribution < -0.4 is 19.7 Å². The Morgan fingerprint density at radius 1 is 1.20 bits per heavy atom. The van der Waals surface area contributed by atoms with E-state index >= 15 is 0 Å². The first-order valence-electron chi connectivity index (χ1n) is 9.90. The molecule has 0 saturated heterocycles. The number of nitrogens with zero attached hydrogens (tertiary/aromatic N) is 3. The number of carbonyl (C=O) groups is 1. The van der Waals surface area contributed by atoms with Crippen LogP contribution in [-0.2, 0) is 6.42 Å². The first-order valence-corrected chi connectivity index (χ1v) is 9.90. The monoisotopic (exact) mass is 408 g/mol. The van der Waals surface area contributed by atoms with Crippen LogP contribution in [0, 0.1) is 0 Å². The fraction of sp³-hybridized carbons (Fsp3) is 0.304. The minimum absolute atomic E-state index is 0.285. The Balaban J connectivity index is 1.94. The number of hydrogen-bond acceptors (Lipinski definition) is 4. The smallest absolute Gasteiger partial charge is 0.327 e. The molecule has 0 aliphatic heterocycles. The average molecular weight is 409 g/mol. The van der Waals surface area contributed by atoms with Gasteiger partial charge in [-0.1, -0.05) is 24.6 Å². The van der Waals surface area contributed by atoms with E-state index in [0.717, 1.165) is 5.69 Å². The number of rotatable bonds is 7. The number of ether oxygens (including phenoxy) is 2. The number of aromatic nitrogens is 2. The maximum absolute atomic E-state index is 13.0. The van der Waals surface area contributed by atoms with E-state index < -0.39 is 0 Å². The lowest BCUT2D eigenvalue weighted by Gasteiger charge is -2.20. The third-order valence-electron chi connectivity index (χ3n) is 4.69. The summed E-state index contributed by atoms with van der Waals surface area (Å²) >= 11 is 0. The molecule has 0 aliphatic rings. The summed E-state index contributed by atoms with van der Waals surface area (Å²) in [5.41, 5.74) is 3.29. The van der Waals surface area contributed by atoms with Gasteiger partial charge in [0.1, 0.15) is 18.2 Å². The van der Waals surface area contributed by atoms with Crippen LogP contribution in [0.25, 0.3) is 5.65 Å². The molecule has 30 heavy (non-hydrogen) atoms. The lowest BCUT2D eigenvalue weighted by Crippen LogP contribution is -2.32. The highest BCUT2D eigenvalue weighted by Gasteiger charge is 2.22. The Bertz CT molecular complexity index is 1070. The number of fused-ring (bicyclic) bond motifs is 1. The third kappa shape index (κ3) is 4.40. The molecule has 0 fully saturated rings. The summed E-state index contributed by atoms with van der Waals surface area (Å²) in [6.45, 7) is 6.54. The molecule has 0 spiro atoms. The maximum Gasteiger partial charge on any atom is 0.327 e. The summed E-state index contributed by atoms with van der Waals surface area (Å²) in [6, 6.07) is 10.8. The van der Waals surface area contributed by atoms with Gasteiger partial charge in [-0.2, -0.15) is 0 Å². The number of para-hydroxylation sites is 2. The minimum atomic E-state index is -0.285. The second-order valence-corrected chi connectivity index (χ2v) is 7.08. The molecule has 3 aromatic rings. The topological polar surface area (TPSA) is 68.1 Å². The van der Waals surface area contributed by atoms with Crippen LogP contribution in [0.1, 0.15) is 26.5 Å². The van der Waals surface area contributed by atoms with Crippen LogP contribution in [0.4, 0.5) is 16.3 Å². The molecule has 0 unspecified atom stereocenters. The molecule has 0 radical (unpaired) electrons. The number of anilines is 2. The fourth-order valence-electron chi connectivity index (χ4n) is 3.12. The van der Waals surface area contributed by atoms with Gasteiger partial charge in [0, 0.05) is 13.2 Å². The zero-order chi connectivity index (χ0) is 21.7. The number of pyridine rings is 1. The van der Waals surface area contributed by atoms with Crippen molar-refractivity contribution in [1.29, 1.82) is 0 Å². The molecule has 2 amide bonds. The first-order chi connectivity index (χ1) is 14.5. The molecule has 158 valence electrons. The number of allylic oxidation sites excluding steroid dienone is 1. The molecule has 0 bridgehead atoms. The molecule has 7 nitrogen and oxygen atoms in total. The zero-order valence-electron chi connectivity index (χ0n) is 18.1. The van der Waals surface area contributed by atoms with Crippen LogP contribution in [0.5, 0.6) is 11.5 Å². The number of imidazole rings is 1. The molecule has 3 rings (SSSR count).